The van der Waals surface area contributed by atoms with Crippen molar-refractivity contribution in [3.63, 3.8) is 0 Å². The number of halogens is 1. The fourth-order valence-electron chi connectivity index (χ4n) is 1.14. The molecule has 0 spiro atoms. The van der Waals surface area contributed by atoms with Gasteiger partial charge < -0.3 is 10.1 Å². The van der Waals surface area contributed by atoms with E-state index in [2.05, 4.69) is 5.32 Å². The van der Waals surface area contributed by atoms with Gasteiger partial charge in [-0.15, -0.1) is 0 Å². The van der Waals surface area contributed by atoms with Crippen molar-refractivity contribution in [1.82, 2.24) is 0 Å². The summed E-state index contributed by atoms with van der Waals surface area (Å²) in [6.07, 6.45) is -0.884. The lowest BCUT2D eigenvalue weighted by molar-refractivity contribution is -0.156. The van der Waals surface area contributed by atoms with Crippen molar-refractivity contribution in [3.8, 4) is 0 Å². The number of benzene rings is 1. The van der Waals surface area contributed by atoms with Crippen LogP contribution in [-0.4, -0.2) is 18.0 Å². The van der Waals surface area contributed by atoms with Crippen LogP contribution in [0, 0.1) is 11.7 Å². The van der Waals surface area contributed by atoms with E-state index in [9.17, 15) is 14.0 Å². The second-order valence-corrected chi connectivity index (χ2v) is 4.23. The molecule has 4 nitrogen and oxygen atoms in total. The average Bonchev–Trinajstić information content (AvgIpc) is 2.31. The van der Waals surface area contributed by atoms with Crippen molar-refractivity contribution in [2.75, 3.05) is 5.32 Å². The number of ether oxygens (including phenoxy) is 1. The van der Waals surface area contributed by atoms with Gasteiger partial charge in [-0.1, -0.05) is 13.8 Å². The minimum Gasteiger partial charge on any atom is -0.452 e. The zero-order chi connectivity index (χ0) is 13.7. The van der Waals surface area contributed by atoms with Gasteiger partial charge in [-0.05, 0) is 31.2 Å². The Morgan fingerprint density at radius 3 is 2.22 bits per heavy atom. The Bertz CT molecular complexity index is 428. The summed E-state index contributed by atoms with van der Waals surface area (Å²) in [6.45, 7) is 4.86. The van der Waals surface area contributed by atoms with Gasteiger partial charge in [-0.25, -0.2) is 4.39 Å². The zero-order valence-electron chi connectivity index (χ0n) is 10.6. The van der Waals surface area contributed by atoms with Gasteiger partial charge in [-0.3, -0.25) is 9.59 Å². The molecule has 0 unspecified atom stereocenters. The first-order valence-corrected chi connectivity index (χ1v) is 5.67. The van der Waals surface area contributed by atoms with Crippen LogP contribution in [-0.2, 0) is 14.3 Å². The minimum atomic E-state index is -0.884. The summed E-state index contributed by atoms with van der Waals surface area (Å²) in [5.74, 6) is -1.55. The fourth-order valence-corrected chi connectivity index (χ4v) is 1.14. The number of carbonyl (C=O) groups is 2. The first-order valence-electron chi connectivity index (χ1n) is 5.67. The summed E-state index contributed by atoms with van der Waals surface area (Å²) in [7, 11) is 0. The molecule has 0 aliphatic carbocycles. The molecule has 1 aromatic carbocycles. The fraction of sp³-hybridized carbons (Fsp3) is 0.385. The van der Waals surface area contributed by atoms with E-state index in [1.54, 1.807) is 13.8 Å². The summed E-state index contributed by atoms with van der Waals surface area (Å²) in [6, 6.07) is 5.34. The van der Waals surface area contributed by atoms with Crippen LogP contribution in [0.15, 0.2) is 24.3 Å². The molecule has 1 aromatic rings. The molecule has 1 amide bonds. The molecule has 5 heteroatoms. The van der Waals surface area contributed by atoms with Crippen LogP contribution in [0.5, 0.6) is 0 Å². The Morgan fingerprint density at radius 1 is 1.17 bits per heavy atom. The van der Waals surface area contributed by atoms with Gasteiger partial charge in [0.25, 0.3) is 5.91 Å². The van der Waals surface area contributed by atoms with Crippen molar-refractivity contribution in [2.45, 2.75) is 26.9 Å². The Kier molecular flexibility index (Phi) is 4.83. The van der Waals surface area contributed by atoms with Gasteiger partial charge in [-0.2, -0.15) is 0 Å². The normalized spacial score (nSPS) is 12.1. The average molecular weight is 253 g/mol. The number of rotatable bonds is 4. The summed E-state index contributed by atoms with van der Waals surface area (Å²) >= 11 is 0. The van der Waals surface area contributed by atoms with Gasteiger partial charge >= 0.3 is 5.97 Å². The van der Waals surface area contributed by atoms with Crippen LogP contribution in [0.3, 0.4) is 0 Å². The van der Waals surface area contributed by atoms with Crippen molar-refractivity contribution in [3.05, 3.63) is 30.1 Å². The van der Waals surface area contributed by atoms with E-state index < -0.39 is 18.0 Å². The molecule has 0 aliphatic rings. The van der Waals surface area contributed by atoms with E-state index in [0.717, 1.165) is 0 Å². The molecule has 1 atom stereocenters. The van der Waals surface area contributed by atoms with Crippen molar-refractivity contribution in [1.29, 1.82) is 0 Å². The third kappa shape index (κ3) is 4.16. The van der Waals surface area contributed by atoms with E-state index in [0.29, 0.717) is 5.69 Å². The lowest BCUT2D eigenvalue weighted by Gasteiger charge is -2.14. The van der Waals surface area contributed by atoms with E-state index in [1.807, 2.05) is 0 Å². The standard InChI is InChI=1S/C13H16FNO3/c1-8(2)13(17)18-9(3)12(16)15-11-6-4-10(14)5-7-11/h4-9H,1-3H3,(H,15,16)/t9-/m0/s1. The molecule has 0 saturated heterocycles. The predicted molar refractivity (Wildman–Crippen MR) is 65.4 cm³/mol. The maximum absolute atomic E-state index is 12.7. The van der Waals surface area contributed by atoms with Gasteiger partial charge in [0, 0.05) is 5.69 Å². The molecule has 0 aliphatic heterocycles. The molecule has 0 aromatic heterocycles. The number of amides is 1. The quantitative estimate of drug-likeness (QED) is 0.838. The van der Waals surface area contributed by atoms with E-state index in [-0.39, 0.29) is 11.7 Å². The molecule has 1 N–H and O–H groups in total. The Hall–Kier alpha value is -1.91. The van der Waals surface area contributed by atoms with E-state index in [1.165, 1.54) is 31.2 Å². The highest BCUT2D eigenvalue weighted by Gasteiger charge is 2.19. The van der Waals surface area contributed by atoms with Crippen LogP contribution in [0.2, 0.25) is 0 Å². The maximum Gasteiger partial charge on any atom is 0.309 e. The maximum atomic E-state index is 12.7. The number of hydrogen-bond acceptors (Lipinski definition) is 3. The predicted octanol–water partition coefficient (Wildman–Crippen LogP) is 2.35. The number of hydrogen-bond donors (Lipinski definition) is 1. The molecular weight excluding hydrogens is 237 g/mol. The Balaban J connectivity index is 2.54. The molecule has 0 bridgehead atoms. The first kappa shape index (κ1) is 14.2. The zero-order valence-corrected chi connectivity index (χ0v) is 10.6. The van der Waals surface area contributed by atoms with Crippen LogP contribution < -0.4 is 5.32 Å². The van der Waals surface area contributed by atoms with Crippen LogP contribution >= 0.6 is 0 Å². The number of esters is 1. The number of anilines is 1. The van der Waals surface area contributed by atoms with Gasteiger partial charge in [0.1, 0.15) is 5.82 Å². The molecule has 0 radical (unpaired) electrons. The highest BCUT2D eigenvalue weighted by Crippen LogP contribution is 2.09. The Morgan fingerprint density at radius 2 is 1.72 bits per heavy atom. The highest BCUT2D eigenvalue weighted by molar-refractivity contribution is 5.95. The minimum absolute atomic E-state index is 0.286. The topological polar surface area (TPSA) is 55.4 Å². The SMILES string of the molecule is CC(C)C(=O)O[C@@H](C)C(=O)Nc1ccc(F)cc1. The Labute approximate surface area is 105 Å². The lowest BCUT2D eigenvalue weighted by atomic mass is 10.2. The molecule has 0 saturated carbocycles. The van der Waals surface area contributed by atoms with Crippen LogP contribution in [0.25, 0.3) is 0 Å². The van der Waals surface area contributed by atoms with E-state index >= 15 is 0 Å². The van der Waals surface area contributed by atoms with Gasteiger partial charge in [0.2, 0.25) is 0 Å². The second kappa shape index (κ2) is 6.14. The highest BCUT2D eigenvalue weighted by atomic mass is 19.1. The number of carbonyl (C=O) groups excluding carboxylic acids is 2. The van der Waals surface area contributed by atoms with Gasteiger partial charge in [0.05, 0.1) is 5.92 Å². The first-order chi connectivity index (χ1) is 8.40. The summed E-state index contributed by atoms with van der Waals surface area (Å²) in [5.41, 5.74) is 0.453. The van der Waals surface area contributed by atoms with Crippen LogP contribution in [0.4, 0.5) is 10.1 Å². The molecule has 18 heavy (non-hydrogen) atoms. The van der Waals surface area contributed by atoms with Gasteiger partial charge in [0.15, 0.2) is 6.10 Å². The molecule has 1 rings (SSSR count). The molecular formula is C13H16FNO3. The van der Waals surface area contributed by atoms with Crippen molar-refractivity contribution < 1.29 is 18.7 Å². The second-order valence-electron chi connectivity index (χ2n) is 4.23. The van der Waals surface area contributed by atoms with Crippen LogP contribution in [0.1, 0.15) is 20.8 Å². The van der Waals surface area contributed by atoms with Crippen molar-refractivity contribution in [2.24, 2.45) is 5.92 Å². The summed E-state index contributed by atoms with van der Waals surface area (Å²) in [5, 5.41) is 2.53. The third-order valence-corrected chi connectivity index (χ3v) is 2.25. The third-order valence-electron chi connectivity index (χ3n) is 2.25. The lowest BCUT2D eigenvalue weighted by Crippen LogP contribution is -2.31. The molecule has 98 valence electrons. The largest absolute Gasteiger partial charge is 0.452 e. The number of nitrogens with one attached hydrogen (secondary N) is 1. The summed E-state index contributed by atoms with van der Waals surface area (Å²) in [4.78, 5) is 23.0. The van der Waals surface area contributed by atoms with Crippen molar-refractivity contribution >= 4 is 17.6 Å². The summed E-state index contributed by atoms with van der Waals surface area (Å²) < 4.78 is 17.6. The smallest absolute Gasteiger partial charge is 0.309 e. The van der Waals surface area contributed by atoms with E-state index in [4.69, 9.17) is 4.74 Å². The molecule has 0 fully saturated rings. The monoisotopic (exact) mass is 253 g/mol. The molecule has 0 heterocycles.